The van der Waals surface area contributed by atoms with Crippen molar-refractivity contribution < 1.29 is 9.53 Å². The van der Waals surface area contributed by atoms with E-state index in [1.54, 1.807) is 6.07 Å². The maximum atomic E-state index is 11.7. The van der Waals surface area contributed by atoms with Gasteiger partial charge in [-0.15, -0.1) is 0 Å². The number of nitrogens with zero attached hydrogens (tertiary/aromatic N) is 1. The van der Waals surface area contributed by atoms with E-state index in [-0.39, 0.29) is 0 Å². The van der Waals surface area contributed by atoms with Gasteiger partial charge in [-0.25, -0.2) is 4.79 Å². The summed E-state index contributed by atoms with van der Waals surface area (Å²) in [4.78, 5) is 14.0. The first-order chi connectivity index (χ1) is 9.01. The van der Waals surface area contributed by atoms with Crippen molar-refractivity contribution in [2.45, 2.75) is 19.4 Å². The first kappa shape index (κ1) is 13.7. The van der Waals surface area contributed by atoms with E-state index in [4.69, 9.17) is 10.5 Å². The van der Waals surface area contributed by atoms with E-state index in [1.807, 2.05) is 13.0 Å². The SMILES string of the molecule is COC(=O)c1cc(NC2CCN(C)C2)cc(C)c1N. The van der Waals surface area contributed by atoms with Crippen LogP contribution in [-0.4, -0.2) is 44.2 Å². The van der Waals surface area contributed by atoms with Crippen molar-refractivity contribution in [1.82, 2.24) is 4.90 Å². The average molecular weight is 263 g/mol. The minimum absolute atomic E-state index is 0.396. The molecule has 0 aliphatic carbocycles. The zero-order valence-corrected chi connectivity index (χ0v) is 11.7. The van der Waals surface area contributed by atoms with Gasteiger partial charge < -0.3 is 20.7 Å². The molecule has 1 fully saturated rings. The molecular formula is C14H21N3O2. The zero-order valence-electron chi connectivity index (χ0n) is 11.7. The highest BCUT2D eigenvalue weighted by molar-refractivity contribution is 5.97. The van der Waals surface area contributed by atoms with Crippen LogP contribution in [0.25, 0.3) is 0 Å². The Labute approximate surface area is 113 Å². The normalized spacial score (nSPS) is 19.4. The van der Waals surface area contributed by atoms with Crippen LogP contribution in [0.3, 0.4) is 0 Å². The van der Waals surface area contributed by atoms with Gasteiger partial charge in [0, 0.05) is 24.0 Å². The fraction of sp³-hybridized carbons (Fsp3) is 0.500. The fourth-order valence-corrected chi connectivity index (χ4v) is 2.45. The largest absolute Gasteiger partial charge is 0.465 e. The molecule has 1 unspecified atom stereocenters. The van der Waals surface area contributed by atoms with Gasteiger partial charge in [-0.2, -0.15) is 0 Å². The number of methoxy groups -OCH3 is 1. The highest BCUT2D eigenvalue weighted by atomic mass is 16.5. The Balaban J connectivity index is 2.21. The van der Waals surface area contributed by atoms with E-state index < -0.39 is 5.97 Å². The molecule has 0 spiro atoms. The van der Waals surface area contributed by atoms with Crippen LogP contribution in [0.5, 0.6) is 0 Å². The molecule has 3 N–H and O–H groups in total. The Morgan fingerprint density at radius 1 is 1.53 bits per heavy atom. The summed E-state index contributed by atoms with van der Waals surface area (Å²) in [5.41, 5.74) is 8.64. The minimum Gasteiger partial charge on any atom is -0.465 e. The van der Waals surface area contributed by atoms with Crippen molar-refractivity contribution >= 4 is 17.3 Å². The summed E-state index contributed by atoms with van der Waals surface area (Å²) in [5, 5.41) is 3.45. The first-order valence-corrected chi connectivity index (χ1v) is 6.44. The molecule has 1 heterocycles. The Morgan fingerprint density at radius 2 is 2.26 bits per heavy atom. The molecule has 1 atom stereocenters. The van der Waals surface area contributed by atoms with Crippen LogP contribution in [-0.2, 0) is 4.74 Å². The number of hydrogen-bond donors (Lipinski definition) is 2. The van der Waals surface area contributed by atoms with Crippen molar-refractivity contribution in [3.05, 3.63) is 23.3 Å². The molecule has 0 radical (unpaired) electrons. The van der Waals surface area contributed by atoms with Crippen LogP contribution in [0, 0.1) is 6.92 Å². The molecule has 0 bridgehead atoms. The van der Waals surface area contributed by atoms with Crippen LogP contribution in [0.1, 0.15) is 22.3 Å². The van der Waals surface area contributed by atoms with Crippen LogP contribution in [0.2, 0.25) is 0 Å². The second kappa shape index (κ2) is 5.48. The summed E-state index contributed by atoms with van der Waals surface area (Å²) in [6.45, 7) is 4.00. The highest BCUT2D eigenvalue weighted by Gasteiger charge is 2.20. The molecule has 104 valence electrons. The number of nitrogens with one attached hydrogen (secondary N) is 1. The van der Waals surface area contributed by atoms with Gasteiger partial charge >= 0.3 is 5.97 Å². The van der Waals surface area contributed by atoms with Crippen molar-refractivity contribution in [3.8, 4) is 0 Å². The second-order valence-corrected chi connectivity index (χ2v) is 5.14. The van der Waals surface area contributed by atoms with E-state index in [1.165, 1.54) is 7.11 Å². The lowest BCUT2D eigenvalue weighted by atomic mass is 10.1. The number of aryl methyl sites for hydroxylation is 1. The number of carbonyl (C=O) groups is 1. The number of hydrogen-bond acceptors (Lipinski definition) is 5. The van der Waals surface area contributed by atoms with Gasteiger partial charge in [-0.1, -0.05) is 0 Å². The summed E-state index contributed by atoms with van der Waals surface area (Å²) in [6.07, 6.45) is 1.10. The number of carbonyl (C=O) groups excluding carboxylic acids is 1. The van der Waals surface area contributed by atoms with E-state index in [2.05, 4.69) is 17.3 Å². The number of esters is 1. The molecule has 5 heteroatoms. The van der Waals surface area contributed by atoms with E-state index in [9.17, 15) is 4.79 Å². The average Bonchev–Trinajstić information content (AvgIpc) is 2.78. The second-order valence-electron chi connectivity index (χ2n) is 5.14. The predicted octanol–water partition coefficient (Wildman–Crippen LogP) is 1.48. The number of nitrogens with two attached hydrogens (primary N) is 1. The van der Waals surface area contributed by atoms with Crippen LogP contribution in [0.15, 0.2) is 12.1 Å². The predicted molar refractivity (Wildman–Crippen MR) is 76.5 cm³/mol. The molecule has 1 aliphatic rings. The molecular weight excluding hydrogens is 242 g/mol. The smallest absolute Gasteiger partial charge is 0.340 e. The summed E-state index contributed by atoms with van der Waals surface area (Å²) < 4.78 is 4.76. The Kier molecular flexibility index (Phi) is 3.95. The molecule has 0 saturated carbocycles. The highest BCUT2D eigenvalue weighted by Crippen LogP contribution is 2.25. The van der Waals surface area contributed by atoms with E-state index in [0.717, 1.165) is 30.8 Å². The number of ether oxygens (including phenoxy) is 1. The maximum absolute atomic E-state index is 11.7. The molecule has 2 rings (SSSR count). The van der Waals surface area contributed by atoms with E-state index in [0.29, 0.717) is 17.3 Å². The van der Waals surface area contributed by atoms with Crippen LogP contribution < -0.4 is 11.1 Å². The number of anilines is 2. The summed E-state index contributed by atoms with van der Waals surface area (Å²) >= 11 is 0. The number of nitrogen functional groups attached to an aromatic ring is 1. The van der Waals surface area contributed by atoms with Gasteiger partial charge in [0.2, 0.25) is 0 Å². The molecule has 1 saturated heterocycles. The van der Waals surface area contributed by atoms with Gasteiger partial charge in [0.05, 0.1) is 12.7 Å². The Morgan fingerprint density at radius 3 is 2.84 bits per heavy atom. The van der Waals surface area contributed by atoms with Crippen LogP contribution >= 0.6 is 0 Å². The number of rotatable bonds is 3. The summed E-state index contributed by atoms with van der Waals surface area (Å²) in [7, 11) is 3.47. The minimum atomic E-state index is -0.396. The molecule has 1 aromatic carbocycles. The third kappa shape index (κ3) is 2.98. The van der Waals surface area contributed by atoms with Crippen molar-refractivity contribution in [1.29, 1.82) is 0 Å². The van der Waals surface area contributed by atoms with Gasteiger partial charge in [-0.05, 0) is 44.6 Å². The quantitative estimate of drug-likeness (QED) is 0.638. The molecule has 1 aromatic rings. The maximum Gasteiger partial charge on any atom is 0.340 e. The lowest BCUT2D eigenvalue weighted by Gasteiger charge is -2.17. The lowest BCUT2D eigenvalue weighted by Crippen LogP contribution is -2.23. The van der Waals surface area contributed by atoms with Crippen molar-refractivity contribution in [3.63, 3.8) is 0 Å². The summed E-state index contributed by atoms with van der Waals surface area (Å²) in [6, 6.07) is 4.16. The third-order valence-electron chi connectivity index (χ3n) is 3.55. The third-order valence-corrected chi connectivity index (χ3v) is 3.55. The van der Waals surface area contributed by atoms with Crippen molar-refractivity contribution in [2.24, 2.45) is 0 Å². The summed E-state index contributed by atoms with van der Waals surface area (Å²) in [5.74, 6) is -0.396. The van der Waals surface area contributed by atoms with Gasteiger partial charge in [0.15, 0.2) is 0 Å². The molecule has 0 aromatic heterocycles. The molecule has 19 heavy (non-hydrogen) atoms. The van der Waals surface area contributed by atoms with Crippen LogP contribution in [0.4, 0.5) is 11.4 Å². The molecule has 1 aliphatic heterocycles. The number of likely N-dealkylation sites (tertiary alicyclic amines) is 1. The molecule has 5 nitrogen and oxygen atoms in total. The van der Waals surface area contributed by atoms with Crippen molar-refractivity contribution in [2.75, 3.05) is 38.3 Å². The Hall–Kier alpha value is -1.75. The topological polar surface area (TPSA) is 67.6 Å². The van der Waals surface area contributed by atoms with Gasteiger partial charge in [0.25, 0.3) is 0 Å². The van der Waals surface area contributed by atoms with Gasteiger partial charge in [0.1, 0.15) is 0 Å². The fourth-order valence-electron chi connectivity index (χ4n) is 2.45. The van der Waals surface area contributed by atoms with Gasteiger partial charge in [-0.3, -0.25) is 0 Å². The standard InChI is InChI=1S/C14H21N3O2/c1-9-6-11(16-10-4-5-17(2)8-10)7-12(13(9)15)14(18)19-3/h6-7,10,16H,4-5,8,15H2,1-3H3. The lowest BCUT2D eigenvalue weighted by molar-refractivity contribution is 0.0602. The number of likely N-dealkylation sites (N-methyl/N-ethyl adjacent to an activating group) is 1. The van der Waals surface area contributed by atoms with E-state index >= 15 is 0 Å². The monoisotopic (exact) mass is 263 g/mol. The number of benzene rings is 1. The first-order valence-electron chi connectivity index (χ1n) is 6.44. The zero-order chi connectivity index (χ0) is 14.0. The molecule has 0 amide bonds. The Bertz CT molecular complexity index is 488.